The van der Waals surface area contributed by atoms with Crippen LogP contribution in [0.15, 0.2) is 36.7 Å². The van der Waals surface area contributed by atoms with E-state index in [1.54, 1.807) is 40.0 Å². The Labute approximate surface area is 218 Å². The molecule has 1 atom stereocenters. The summed E-state index contributed by atoms with van der Waals surface area (Å²) in [5.41, 5.74) is 0.166. The summed E-state index contributed by atoms with van der Waals surface area (Å²) >= 11 is 0. The van der Waals surface area contributed by atoms with Gasteiger partial charge < -0.3 is 30.2 Å². The molecule has 3 rings (SSSR count). The summed E-state index contributed by atoms with van der Waals surface area (Å²) in [5, 5.41) is 12.1. The van der Waals surface area contributed by atoms with Gasteiger partial charge in [0.1, 0.15) is 28.5 Å². The van der Waals surface area contributed by atoms with Gasteiger partial charge in [-0.25, -0.2) is 23.5 Å². The topological polar surface area (TPSA) is 145 Å². The van der Waals surface area contributed by atoms with E-state index in [-0.39, 0.29) is 36.7 Å². The van der Waals surface area contributed by atoms with E-state index >= 15 is 0 Å². The van der Waals surface area contributed by atoms with E-state index in [9.17, 15) is 18.8 Å². The highest BCUT2D eigenvalue weighted by Crippen LogP contribution is 2.23. The van der Waals surface area contributed by atoms with Crippen LogP contribution in [0.2, 0.25) is 0 Å². The molecule has 2 amide bonds. The molecule has 0 aliphatic carbocycles. The fourth-order valence-corrected chi connectivity index (χ4v) is 3.30. The molecule has 2 aromatic heterocycles. The summed E-state index contributed by atoms with van der Waals surface area (Å²) in [6.07, 6.45) is 1.15. The van der Waals surface area contributed by atoms with Crippen LogP contribution in [0.25, 0.3) is 5.65 Å². The third-order valence-corrected chi connectivity index (χ3v) is 4.99. The summed E-state index contributed by atoms with van der Waals surface area (Å²) < 4.78 is 31.7. The summed E-state index contributed by atoms with van der Waals surface area (Å²) in [4.78, 5) is 41.1. The number of fused-ring (bicyclic) bond motifs is 1. The lowest BCUT2D eigenvalue weighted by Gasteiger charge is -2.23. The van der Waals surface area contributed by atoms with Crippen LogP contribution in [-0.2, 0) is 20.8 Å². The summed E-state index contributed by atoms with van der Waals surface area (Å²) in [6, 6.07) is 5.48. The van der Waals surface area contributed by atoms with E-state index in [4.69, 9.17) is 14.2 Å². The molecule has 38 heavy (non-hydrogen) atoms. The van der Waals surface area contributed by atoms with Crippen molar-refractivity contribution in [1.29, 1.82) is 0 Å². The van der Waals surface area contributed by atoms with Crippen molar-refractivity contribution in [2.24, 2.45) is 0 Å². The van der Waals surface area contributed by atoms with E-state index < -0.39 is 35.5 Å². The van der Waals surface area contributed by atoms with Crippen molar-refractivity contribution in [2.75, 3.05) is 25.5 Å². The summed E-state index contributed by atoms with van der Waals surface area (Å²) in [6.45, 7) is 6.94. The predicted molar refractivity (Wildman–Crippen MR) is 135 cm³/mol. The van der Waals surface area contributed by atoms with Gasteiger partial charge in [0.05, 0.1) is 19.3 Å². The second-order valence-electron chi connectivity index (χ2n) is 9.07. The minimum Gasteiger partial charge on any atom is -0.478 e. The number of carbonyl (C=O) groups is 3. The van der Waals surface area contributed by atoms with Gasteiger partial charge in [0.15, 0.2) is 11.8 Å². The quantitative estimate of drug-likeness (QED) is 0.337. The van der Waals surface area contributed by atoms with Gasteiger partial charge in [0.25, 0.3) is 5.91 Å². The van der Waals surface area contributed by atoms with Crippen molar-refractivity contribution in [3.63, 3.8) is 0 Å². The number of rotatable bonds is 10. The van der Waals surface area contributed by atoms with Crippen molar-refractivity contribution in [3.05, 3.63) is 53.6 Å². The number of carbonyl (C=O) groups excluding carboxylic acids is 3. The summed E-state index contributed by atoms with van der Waals surface area (Å²) in [7, 11) is 1.43. The molecule has 0 radical (unpaired) electrons. The molecular weight excluding hydrogens is 499 g/mol. The zero-order valence-electron chi connectivity index (χ0n) is 21.8. The molecule has 0 fully saturated rings. The van der Waals surface area contributed by atoms with E-state index in [1.807, 2.05) is 0 Å². The standard InChI is InChI=1S/C25H31FN6O6/c1-6-36-23(34)17-13-30-32-10-9-20(31-21(17)32)28-12-15-11-16(26)7-8-18(15)37-19(22(33)27-5)14-29-24(35)38-25(2,3)4/h7-11,13,19H,6,12,14H2,1-5H3,(H,27,33)(H,28,31)(H,29,35). The minimum atomic E-state index is -1.12. The SMILES string of the molecule is CCOC(=O)c1cnn2ccc(NCc3cc(F)ccc3OC(CNC(=O)OC(C)(C)C)C(=O)NC)nc12. The smallest absolute Gasteiger partial charge is 0.407 e. The number of halogens is 1. The number of likely N-dealkylation sites (N-methyl/N-ethyl adjacent to an activating group) is 1. The Kier molecular flexibility index (Phi) is 9.05. The maximum atomic E-state index is 14.1. The van der Waals surface area contributed by atoms with Crippen LogP contribution >= 0.6 is 0 Å². The first-order valence-corrected chi connectivity index (χ1v) is 11.9. The predicted octanol–water partition coefficient (Wildman–Crippen LogP) is 2.68. The van der Waals surface area contributed by atoms with Gasteiger partial charge in [-0.3, -0.25) is 4.79 Å². The highest BCUT2D eigenvalue weighted by atomic mass is 19.1. The number of benzene rings is 1. The third-order valence-electron chi connectivity index (χ3n) is 4.99. The van der Waals surface area contributed by atoms with Crippen molar-refractivity contribution < 1.29 is 33.0 Å². The van der Waals surface area contributed by atoms with E-state index in [1.165, 1.54) is 36.0 Å². The molecule has 0 bridgehead atoms. The Hall–Kier alpha value is -4.42. The number of hydrogen-bond acceptors (Lipinski definition) is 9. The Morgan fingerprint density at radius 3 is 2.63 bits per heavy atom. The number of ether oxygens (including phenoxy) is 3. The van der Waals surface area contributed by atoms with Crippen molar-refractivity contribution >= 4 is 29.4 Å². The zero-order chi connectivity index (χ0) is 27.9. The van der Waals surface area contributed by atoms with Gasteiger partial charge in [-0.2, -0.15) is 5.10 Å². The van der Waals surface area contributed by atoms with Crippen LogP contribution in [0.1, 0.15) is 43.6 Å². The highest BCUT2D eigenvalue weighted by molar-refractivity contribution is 5.95. The largest absolute Gasteiger partial charge is 0.478 e. The van der Waals surface area contributed by atoms with E-state index in [0.717, 1.165) is 0 Å². The van der Waals surface area contributed by atoms with Gasteiger partial charge in [-0.15, -0.1) is 0 Å². The Balaban J connectivity index is 1.76. The average Bonchev–Trinajstić information content (AvgIpc) is 3.28. The molecule has 3 N–H and O–H groups in total. The molecule has 2 heterocycles. The zero-order valence-corrected chi connectivity index (χ0v) is 21.8. The number of esters is 1. The monoisotopic (exact) mass is 530 g/mol. The molecule has 1 unspecified atom stereocenters. The first kappa shape index (κ1) is 28.2. The van der Waals surface area contributed by atoms with Crippen LogP contribution < -0.4 is 20.7 Å². The number of nitrogens with one attached hydrogen (secondary N) is 3. The number of anilines is 1. The van der Waals surface area contributed by atoms with Crippen molar-refractivity contribution in [1.82, 2.24) is 25.2 Å². The number of alkyl carbamates (subject to hydrolysis) is 1. The molecule has 0 aliphatic rings. The van der Waals surface area contributed by atoms with Gasteiger partial charge in [-0.1, -0.05) is 0 Å². The second-order valence-corrected chi connectivity index (χ2v) is 9.07. The lowest BCUT2D eigenvalue weighted by molar-refractivity contribution is -0.127. The highest BCUT2D eigenvalue weighted by Gasteiger charge is 2.24. The molecule has 1 aromatic carbocycles. The van der Waals surface area contributed by atoms with Crippen LogP contribution in [-0.4, -0.2) is 64.5 Å². The normalized spacial score (nSPS) is 11.9. The second kappa shape index (κ2) is 12.2. The number of hydrogen-bond donors (Lipinski definition) is 3. The van der Waals surface area contributed by atoms with Gasteiger partial charge in [0.2, 0.25) is 0 Å². The van der Waals surface area contributed by atoms with Gasteiger partial charge in [-0.05, 0) is 52.0 Å². The van der Waals surface area contributed by atoms with Crippen LogP contribution in [0.4, 0.5) is 15.0 Å². The first-order valence-electron chi connectivity index (χ1n) is 11.9. The van der Waals surface area contributed by atoms with Gasteiger partial charge >= 0.3 is 12.1 Å². The van der Waals surface area contributed by atoms with Crippen molar-refractivity contribution in [3.8, 4) is 5.75 Å². The maximum absolute atomic E-state index is 14.1. The first-order chi connectivity index (χ1) is 18.0. The third kappa shape index (κ3) is 7.54. The fraction of sp³-hybridized carbons (Fsp3) is 0.400. The lowest BCUT2D eigenvalue weighted by atomic mass is 10.2. The molecule has 3 aromatic rings. The molecule has 0 saturated heterocycles. The van der Waals surface area contributed by atoms with Crippen LogP contribution in [0, 0.1) is 5.82 Å². The molecule has 13 heteroatoms. The average molecular weight is 531 g/mol. The molecule has 12 nitrogen and oxygen atoms in total. The molecule has 0 saturated carbocycles. The Morgan fingerprint density at radius 2 is 1.95 bits per heavy atom. The van der Waals surface area contributed by atoms with Crippen LogP contribution in [0.5, 0.6) is 5.75 Å². The molecule has 0 spiro atoms. The molecule has 0 aliphatic heterocycles. The van der Waals surface area contributed by atoms with Gasteiger partial charge in [0, 0.05) is 25.4 Å². The van der Waals surface area contributed by atoms with E-state index in [2.05, 4.69) is 26.0 Å². The number of aromatic nitrogens is 3. The fourth-order valence-electron chi connectivity index (χ4n) is 3.30. The lowest BCUT2D eigenvalue weighted by Crippen LogP contribution is -2.46. The maximum Gasteiger partial charge on any atom is 0.407 e. The minimum absolute atomic E-state index is 0.0686. The van der Waals surface area contributed by atoms with Crippen molar-refractivity contribution in [2.45, 2.75) is 45.9 Å². The Morgan fingerprint density at radius 1 is 1.18 bits per heavy atom. The Bertz CT molecular complexity index is 1310. The number of amides is 2. The van der Waals surface area contributed by atoms with E-state index in [0.29, 0.717) is 11.4 Å². The molecule has 204 valence electrons. The summed E-state index contributed by atoms with van der Waals surface area (Å²) in [5.74, 6) is -0.956. The molecular formula is C25H31FN6O6. The number of nitrogens with zero attached hydrogens (tertiary/aromatic N) is 3. The van der Waals surface area contributed by atoms with Crippen LogP contribution in [0.3, 0.4) is 0 Å².